The van der Waals surface area contributed by atoms with Crippen molar-refractivity contribution in [1.29, 1.82) is 0 Å². The Morgan fingerprint density at radius 1 is 1.45 bits per heavy atom. The molecule has 1 aliphatic rings. The van der Waals surface area contributed by atoms with Crippen LogP contribution in [-0.4, -0.2) is 52.8 Å². The Morgan fingerprint density at radius 3 is 2.55 bits per heavy atom. The van der Waals surface area contributed by atoms with Crippen molar-refractivity contribution in [2.24, 2.45) is 0 Å². The summed E-state index contributed by atoms with van der Waals surface area (Å²) in [5.74, 6) is -1.04. The first-order chi connectivity index (χ1) is 10.2. The van der Waals surface area contributed by atoms with Gasteiger partial charge in [-0.2, -0.15) is 0 Å². The number of aliphatic carboxylic acids is 1. The molecule has 0 radical (unpaired) electrons. The van der Waals surface area contributed by atoms with Crippen LogP contribution in [0.1, 0.15) is 46.5 Å². The van der Waals surface area contributed by atoms with E-state index in [1.807, 2.05) is 6.08 Å². The van der Waals surface area contributed by atoms with Crippen LogP contribution in [0.3, 0.4) is 0 Å². The van der Waals surface area contributed by atoms with Crippen molar-refractivity contribution in [3.8, 4) is 0 Å². The van der Waals surface area contributed by atoms with Crippen molar-refractivity contribution < 1.29 is 19.4 Å². The molecule has 1 amide bonds. The number of allylic oxidation sites excluding steroid dienone is 1. The molecule has 0 aromatic heterocycles. The number of amides is 1. The fourth-order valence-corrected chi connectivity index (χ4v) is 2.17. The molecule has 1 saturated carbocycles. The van der Waals surface area contributed by atoms with Gasteiger partial charge in [0.25, 0.3) is 0 Å². The molecule has 22 heavy (non-hydrogen) atoms. The lowest BCUT2D eigenvalue weighted by Crippen LogP contribution is -2.50. The number of ether oxygens (including phenoxy) is 1. The molecular weight excluding hydrogens is 284 g/mol. The highest BCUT2D eigenvalue weighted by atomic mass is 16.6. The van der Waals surface area contributed by atoms with E-state index in [0.717, 1.165) is 32.2 Å². The van der Waals surface area contributed by atoms with E-state index >= 15 is 0 Å². The fourth-order valence-electron chi connectivity index (χ4n) is 2.17. The van der Waals surface area contributed by atoms with Crippen LogP contribution in [0.5, 0.6) is 0 Å². The van der Waals surface area contributed by atoms with Crippen LogP contribution in [0, 0.1) is 0 Å². The molecule has 0 spiro atoms. The van der Waals surface area contributed by atoms with E-state index in [1.165, 1.54) is 0 Å². The highest BCUT2D eigenvalue weighted by molar-refractivity contribution is 5.80. The zero-order chi connectivity index (χ0) is 16.8. The Bertz CT molecular complexity index is 399. The maximum atomic E-state index is 11.8. The molecule has 0 aromatic rings. The quantitative estimate of drug-likeness (QED) is 0.505. The maximum Gasteiger partial charge on any atom is 0.408 e. The predicted molar refractivity (Wildman–Crippen MR) is 84.8 cm³/mol. The van der Waals surface area contributed by atoms with Gasteiger partial charge in [0.2, 0.25) is 0 Å². The lowest BCUT2D eigenvalue weighted by molar-refractivity contribution is -0.140. The second-order valence-corrected chi connectivity index (χ2v) is 6.69. The Labute approximate surface area is 132 Å². The van der Waals surface area contributed by atoms with Gasteiger partial charge in [-0.3, -0.25) is 4.90 Å². The maximum absolute atomic E-state index is 11.8. The summed E-state index contributed by atoms with van der Waals surface area (Å²) in [6.45, 7) is 10.0. The molecule has 6 heteroatoms. The summed E-state index contributed by atoms with van der Waals surface area (Å²) in [6, 6.07) is -0.522. The average Bonchev–Trinajstić information content (AvgIpc) is 3.18. The molecule has 0 aromatic carbocycles. The molecule has 1 rings (SSSR count). The van der Waals surface area contributed by atoms with Crippen LogP contribution in [0.4, 0.5) is 4.79 Å². The number of carbonyl (C=O) groups is 2. The van der Waals surface area contributed by atoms with E-state index in [9.17, 15) is 14.7 Å². The zero-order valence-electron chi connectivity index (χ0n) is 13.8. The number of hydrogen-bond donors (Lipinski definition) is 2. The van der Waals surface area contributed by atoms with Gasteiger partial charge >= 0.3 is 12.1 Å². The second kappa shape index (κ2) is 8.17. The van der Waals surface area contributed by atoms with Crippen molar-refractivity contribution in [1.82, 2.24) is 10.2 Å². The summed E-state index contributed by atoms with van der Waals surface area (Å²) < 4.78 is 5.13. The number of unbranched alkanes of at least 4 members (excludes halogenated alkanes) is 1. The summed E-state index contributed by atoms with van der Waals surface area (Å²) in [4.78, 5) is 25.3. The Balaban J connectivity index is 2.55. The Hall–Kier alpha value is -1.56. The molecule has 1 aliphatic carbocycles. The molecule has 0 unspecified atom stereocenters. The van der Waals surface area contributed by atoms with Crippen LogP contribution in [0.25, 0.3) is 0 Å². The highest BCUT2D eigenvalue weighted by Crippen LogP contribution is 2.27. The lowest BCUT2D eigenvalue weighted by Gasteiger charge is -2.27. The minimum absolute atomic E-state index is 0.302. The van der Waals surface area contributed by atoms with Gasteiger partial charge in [-0.15, -0.1) is 6.58 Å². The number of carbonyl (C=O) groups excluding carboxylic acids is 1. The van der Waals surface area contributed by atoms with Gasteiger partial charge in [-0.1, -0.05) is 6.08 Å². The first-order valence-electron chi connectivity index (χ1n) is 7.80. The number of carboxylic acid groups (broad SMARTS) is 1. The molecule has 0 bridgehead atoms. The predicted octanol–water partition coefficient (Wildman–Crippen LogP) is 2.39. The Kier molecular flexibility index (Phi) is 6.87. The van der Waals surface area contributed by atoms with E-state index in [2.05, 4.69) is 16.8 Å². The van der Waals surface area contributed by atoms with E-state index in [-0.39, 0.29) is 0 Å². The molecule has 6 nitrogen and oxygen atoms in total. The van der Waals surface area contributed by atoms with Crippen molar-refractivity contribution in [2.45, 2.75) is 64.1 Å². The van der Waals surface area contributed by atoms with Crippen molar-refractivity contribution in [2.75, 3.05) is 13.1 Å². The van der Waals surface area contributed by atoms with E-state index in [1.54, 1.807) is 20.8 Å². The molecule has 2 N–H and O–H groups in total. The molecule has 126 valence electrons. The standard InChI is InChI=1S/C16H28N2O4/c1-5-6-7-10-18(12-8-9-12)11-13(14(19)20)17-15(21)22-16(2,3)4/h5,12-13H,1,6-11H2,2-4H3,(H,17,21)(H,19,20)/t13-/m0/s1. The van der Waals surface area contributed by atoms with Gasteiger partial charge in [0.05, 0.1) is 0 Å². The first-order valence-corrected chi connectivity index (χ1v) is 7.80. The summed E-state index contributed by atoms with van der Waals surface area (Å²) in [5.41, 5.74) is -0.646. The average molecular weight is 312 g/mol. The third-order valence-electron chi connectivity index (χ3n) is 3.32. The third kappa shape index (κ3) is 7.45. The number of hydrogen-bond acceptors (Lipinski definition) is 4. The normalized spacial score (nSPS) is 16.2. The summed E-state index contributed by atoms with van der Waals surface area (Å²) in [7, 11) is 0. The van der Waals surface area contributed by atoms with Gasteiger partial charge in [0, 0.05) is 12.6 Å². The first kappa shape index (κ1) is 18.5. The van der Waals surface area contributed by atoms with Gasteiger partial charge in [-0.05, 0) is 53.0 Å². The number of nitrogens with one attached hydrogen (secondary N) is 1. The van der Waals surface area contributed by atoms with Crippen LogP contribution in [0.2, 0.25) is 0 Å². The van der Waals surface area contributed by atoms with E-state index in [4.69, 9.17) is 4.74 Å². The summed E-state index contributed by atoms with van der Waals surface area (Å²) >= 11 is 0. The molecule has 1 atom stereocenters. The minimum Gasteiger partial charge on any atom is -0.480 e. The molecule has 0 saturated heterocycles. The fraction of sp³-hybridized carbons (Fsp3) is 0.750. The number of carboxylic acids is 1. The van der Waals surface area contributed by atoms with Crippen molar-refractivity contribution >= 4 is 12.1 Å². The van der Waals surface area contributed by atoms with Crippen LogP contribution in [0.15, 0.2) is 12.7 Å². The zero-order valence-corrected chi connectivity index (χ0v) is 13.8. The number of nitrogens with zero attached hydrogens (tertiary/aromatic N) is 1. The molecule has 1 fully saturated rings. The van der Waals surface area contributed by atoms with Crippen molar-refractivity contribution in [3.63, 3.8) is 0 Å². The molecule has 0 heterocycles. The van der Waals surface area contributed by atoms with E-state index < -0.39 is 23.7 Å². The van der Waals surface area contributed by atoms with Gasteiger partial charge in [0.15, 0.2) is 0 Å². The monoisotopic (exact) mass is 312 g/mol. The minimum atomic E-state index is -1.04. The second-order valence-electron chi connectivity index (χ2n) is 6.69. The topological polar surface area (TPSA) is 78.9 Å². The molecule has 0 aliphatic heterocycles. The van der Waals surface area contributed by atoms with Crippen molar-refractivity contribution in [3.05, 3.63) is 12.7 Å². The van der Waals surface area contributed by atoms with Crippen LogP contribution >= 0.6 is 0 Å². The number of rotatable bonds is 9. The smallest absolute Gasteiger partial charge is 0.408 e. The van der Waals surface area contributed by atoms with Crippen LogP contribution < -0.4 is 5.32 Å². The Morgan fingerprint density at radius 2 is 2.09 bits per heavy atom. The van der Waals surface area contributed by atoms with Crippen LogP contribution in [-0.2, 0) is 9.53 Å². The summed E-state index contributed by atoms with van der Waals surface area (Å²) in [6.07, 6.45) is 5.19. The SMILES string of the molecule is C=CCCCN(C[C@H](NC(=O)OC(C)(C)C)C(=O)O)C1CC1. The van der Waals surface area contributed by atoms with Gasteiger partial charge in [0.1, 0.15) is 11.6 Å². The molecular formula is C16H28N2O4. The highest BCUT2D eigenvalue weighted by Gasteiger charge is 2.33. The van der Waals surface area contributed by atoms with Gasteiger partial charge < -0.3 is 15.2 Å². The lowest BCUT2D eigenvalue weighted by atomic mass is 10.2. The number of alkyl carbamates (subject to hydrolysis) is 1. The third-order valence-corrected chi connectivity index (χ3v) is 3.32. The van der Waals surface area contributed by atoms with E-state index in [0.29, 0.717) is 12.6 Å². The summed E-state index contributed by atoms with van der Waals surface area (Å²) in [5, 5.41) is 11.8. The van der Waals surface area contributed by atoms with Gasteiger partial charge in [-0.25, -0.2) is 9.59 Å². The largest absolute Gasteiger partial charge is 0.480 e.